The summed E-state index contributed by atoms with van der Waals surface area (Å²) in [6, 6.07) is 14.9. The Morgan fingerprint density at radius 3 is 2.54 bits per heavy atom. The summed E-state index contributed by atoms with van der Waals surface area (Å²) in [6.45, 7) is 4.52. The molecule has 26 heavy (non-hydrogen) atoms. The van der Waals surface area contributed by atoms with Gasteiger partial charge in [-0.15, -0.1) is 0 Å². The molecule has 3 aromatic rings. The highest BCUT2D eigenvalue weighted by Crippen LogP contribution is 2.24. The van der Waals surface area contributed by atoms with Crippen molar-refractivity contribution in [3.05, 3.63) is 75.1 Å². The monoisotopic (exact) mass is 371 g/mol. The van der Waals surface area contributed by atoms with Crippen LogP contribution >= 0.6 is 11.6 Å². The third kappa shape index (κ3) is 4.45. The first-order chi connectivity index (χ1) is 12.6. The van der Waals surface area contributed by atoms with Gasteiger partial charge in [-0.1, -0.05) is 30.7 Å². The topological polar surface area (TPSA) is 42.7 Å². The van der Waals surface area contributed by atoms with E-state index in [1.807, 2.05) is 30.3 Å². The molecule has 5 heteroatoms. The van der Waals surface area contributed by atoms with E-state index in [1.54, 1.807) is 25.3 Å². The molecule has 0 aliphatic carbocycles. The molecule has 1 aromatic heterocycles. The SMILES string of the molecule is CCCN(Cc1ccc(Cl)cc1)Cc1cc(=O)oc2ccc(OC)cc12. The quantitative estimate of drug-likeness (QED) is 0.556. The van der Waals surface area contributed by atoms with E-state index in [1.165, 1.54) is 5.56 Å². The number of ether oxygens (including phenoxy) is 1. The van der Waals surface area contributed by atoms with E-state index in [2.05, 4.69) is 11.8 Å². The summed E-state index contributed by atoms with van der Waals surface area (Å²) in [4.78, 5) is 14.3. The Balaban J connectivity index is 1.92. The molecule has 4 nitrogen and oxygen atoms in total. The van der Waals surface area contributed by atoms with Gasteiger partial charge in [0.1, 0.15) is 11.3 Å². The van der Waals surface area contributed by atoms with Crippen LogP contribution in [0.2, 0.25) is 5.02 Å². The van der Waals surface area contributed by atoms with Crippen LogP contribution in [0.1, 0.15) is 24.5 Å². The molecule has 0 aliphatic heterocycles. The molecular formula is C21H22ClNO3. The highest BCUT2D eigenvalue weighted by molar-refractivity contribution is 6.30. The second-order valence-corrected chi connectivity index (χ2v) is 6.73. The summed E-state index contributed by atoms with van der Waals surface area (Å²) in [5.74, 6) is 0.743. The second kappa shape index (κ2) is 8.39. The van der Waals surface area contributed by atoms with Crippen LogP contribution in [-0.4, -0.2) is 18.6 Å². The van der Waals surface area contributed by atoms with E-state index in [-0.39, 0.29) is 5.63 Å². The molecule has 0 saturated heterocycles. The number of methoxy groups -OCH3 is 1. The number of nitrogens with zero attached hydrogens (tertiary/aromatic N) is 1. The van der Waals surface area contributed by atoms with E-state index in [0.717, 1.165) is 41.2 Å². The van der Waals surface area contributed by atoms with Crippen molar-refractivity contribution >= 4 is 22.6 Å². The molecule has 0 unspecified atom stereocenters. The van der Waals surface area contributed by atoms with Crippen molar-refractivity contribution in [2.45, 2.75) is 26.4 Å². The smallest absolute Gasteiger partial charge is 0.336 e. The number of hydrogen-bond acceptors (Lipinski definition) is 4. The maximum Gasteiger partial charge on any atom is 0.336 e. The number of rotatable bonds is 7. The molecule has 0 N–H and O–H groups in total. The van der Waals surface area contributed by atoms with Crippen LogP contribution in [0.3, 0.4) is 0 Å². The van der Waals surface area contributed by atoms with Crippen LogP contribution in [0, 0.1) is 0 Å². The zero-order valence-electron chi connectivity index (χ0n) is 15.0. The minimum Gasteiger partial charge on any atom is -0.497 e. The predicted molar refractivity (Wildman–Crippen MR) is 105 cm³/mol. The summed E-state index contributed by atoms with van der Waals surface area (Å²) in [5.41, 5.74) is 2.38. The molecule has 0 aliphatic rings. The number of hydrogen-bond donors (Lipinski definition) is 0. The number of benzene rings is 2. The fourth-order valence-corrected chi connectivity index (χ4v) is 3.21. The maximum absolute atomic E-state index is 12.0. The Morgan fingerprint density at radius 1 is 1.08 bits per heavy atom. The van der Waals surface area contributed by atoms with Crippen molar-refractivity contribution in [3.8, 4) is 5.75 Å². The molecule has 0 bridgehead atoms. The standard InChI is InChI=1S/C21H22ClNO3/c1-3-10-23(13-15-4-6-17(22)7-5-15)14-16-11-21(24)26-20-9-8-18(25-2)12-19(16)20/h4-9,11-12H,3,10,13-14H2,1-2H3. The lowest BCUT2D eigenvalue weighted by molar-refractivity contribution is 0.257. The van der Waals surface area contributed by atoms with Gasteiger partial charge < -0.3 is 9.15 Å². The number of fused-ring (bicyclic) bond motifs is 1. The largest absolute Gasteiger partial charge is 0.497 e. The molecule has 0 amide bonds. The summed E-state index contributed by atoms with van der Waals surface area (Å²) < 4.78 is 10.7. The highest BCUT2D eigenvalue weighted by Gasteiger charge is 2.12. The van der Waals surface area contributed by atoms with Crippen LogP contribution in [0.25, 0.3) is 11.0 Å². The van der Waals surface area contributed by atoms with Gasteiger partial charge in [-0.25, -0.2) is 4.79 Å². The fourth-order valence-electron chi connectivity index (χ4n) is 3.08. The molecule has 0 spiro atoms. The minimum absolute atomic E-state index is 0.333. The average Bonchev–Trinajstić information content (AvgIpc) is 2.63. The summed E-state index contributed by atoms with van der Waals surface area (Å²) in [7, 11) is 1.63. The highest BCUT2D eigenvalue weighted by atomic mass is 35.5. The summed E-state index contributed by atoms with van der Waals surface area (Å²) in [6.07, 6.45) is 1.02. The Bertz CT molecular complexity index is 934. The minimum atomic E-state index is -0.333. The maximum atomic E-state index is 12.0. The third-order valence-corrected chi connectivity index (χ3v) is 4.54. The molecule has 1 heterocycles. The van der Waals surface area contributed by atoms with Crippen molar-refractivity contribution < 1.29 is 9.15 Å². The van der Waals surface area contributed by atoms with Crippen molar-refractivity contribution in [1.82, 2.24) is 4.90 Å². The second-order valence-electron chi connectivity index (χ2n) is 6.29. The summed E-state index contributed by atoms with van der Waals surface area (Å²) in [5, 5.41) is 1.63. The molecule has 0 fully saturated rings. The number of halogens is 1. The first-order valence-corrected chi connectivity index (χ1v) is 9.04. The molecular weight excluding hydrogens is 350 g/mol. The van der Waals surface area contributed by atoms with E-state index >= 15 is 0 Å². The van der Waals surface area contributed by atoms with Crippen molar-refractivity contribution in [2.75, 3.05) is 13.7 Å². The molecule has 136 valence electrons. The van der Waals surface area contributed by atoms with Gasteiger partial charge in [-0.2, -0.15) is 0 Å². The lowest BCUT2D eigenvalue weighted by Gasteiger charge is -2.22. The lowest BCUT2D eigenvalue weighted by atomic mass is 10.1. The van der Waals surface area contributed by atoms with Gasteiger partial charge in [0.25, 0.3) is 0 Å². The third-order valence-electron chi connectivity index (χ3n) is 4.29. The van der Waals surface area contributed by atoms with Crippen molar-refractivity contribution in [2.24, 2.45) is 0 Å². The first-order valence-electron chi connectivity index (χ1n) is 8.66. The molecule has 0 atom stereocenters. The Hall–Kier alpha value is -2.30. The summed E-state index contributed by atoms with van der Waals surface area (Å²) >= 11 is 5.98. The lowest BCUT2D eigenvalue weighted by Crippen LogP contribution is -2.24. The zero-order valence-corrected chi connectivity index (χ0v) is 15.8. The van der Waals surface area contributed by atoms with Gasteiger partial charge in [0, 0.05) is 29.6 Å². The van der Waals surface area contributed by atoms with Crippen LogP contribution < -0.4 is 10.4 Å². The molecule has 2 aromatic carbocycles. The fraction of sp³-hybridized carbons (Fsp3) is 0.286. The van der Waals surface area contributed by atoms with Crippen LogP contribution in [0.4, 0.5) is 0 Å². The van der Waals surface area contributed by atoms with Gasteiger partial charge in [-0.3, -0.25) is 4.90 Å². The molecule has 0 saturated carbocycles. The van der Waals surface area contributed by atoms with Crippen molar-refractivity contribution in [1.29, 1.82) is 0 Å². The van der Waals surface area contributed by atoms with E-state index in [0.29, 0.717) is 12.1 Å². The van der Waals surface area contributed by atoms with Gasteiger partial charge in [0.2, 0.25) is 0 Å². The van der Waals surface area contributed by atoms with E-state index < -0.39 is 0 Å². The normalized spacial score (nSPS) is 11.2. The van der Waals surface area contributed by atoms with Crippen LogP contribution in [0.5, 0.6) is 5.75 Å². The Morgan fingerprint density at radius 2 is 1.85 bits per heavy atom. The Labute approximate surface area is 158 Å². The van der Waals surface area contributed by atoms with Gasteiger partial charge >= 0.3 is 5.63 Å². The van der Waals surface area contributed by atoms with Gasteiger partial charge in [-0.05, 0) is 54.4 Å². The van der Waals surface area contributed by atoms with Crippen LogP contribution in [-0.2, 0) is 13.1 Å². The van der Waals surface area contributed by atoms with E-state index in [4.69, 9.17) is 20.8 Å². The van der Waals surface area contributed by atoms with Crippen molar-refractivity contribution in [3.63, 3.8) is 0 Å². The Kier molecular flexibility index (Phi) is 5.96. The zero-order chi connectivity index (χ0) is 18.5. The molecule has 3 rings (SSSR count). The predicted octanol–water partition coefficient (Wildman–Crippen LogP) is 4.87. The van der Waals surface area contributed by atoms with Crippen LogP contribution in [0.15, 0.2) is 57.7 Å². The van der Waals surface area contributed by atoms with Gasteiger partial charge in [0.05, 0.1) is 7.11 Å². The van der Waals surface area contributed by atoms with Gasteiger partial charge in [0.15, 0.2) is 0 Å². The first kappa shape index (κ1) is 18.5. The van der Waals surface area contributed by atoms with E-state index in [9.17, 15) is 4.79 Å². The average molecular weight is 372 g/mol. The molecule has 0 radical (unpaired) electrons.